The fourth-order valence-corrected chi connectivity index (χ4v) is 3.31. The number of rotatable bonds is 7. The van der Waals surface area contributed by atoms with Gasteiger partial charge in [-0.25, -0.2) is 14.4 Å². The van der Waals surface area contributed by atoms with E-state index in [-0.39, 0.29) is 5.82 Å². The van der Waals surface area contributed by atoms with Gasteiger partial charge in [-0.3, -0.25) is 4.98 Å². The van der Waals surface area contributed by atoms with Gasteiger partial charge in [0.15, 0.2) is 0 Å². The molecule has 2 heterocycles. The minimum absolute atomic E-state index is 0.296. The van der Waals surface area contributed by atoms with Crippen molar-refractivity contribution in [3.8, 4) is 22.4 Å². The molecule has 0 fully saturated rings. The van der Waals surface area contributed by atoms with Crippen molar-refractivity contribution in [1.82, 2.24) is 15.0 Å². The van der Waals surface area contributed by atoms with Gasteiger partial charge < -0.3 is 11.1 Å². The van der Waals surface area contributed by atoms with Crippen molar-refractivity contribution in [3.63, 3.8) is 0 Å². The molecule has 2 aromatic heterocycles. The lowest BCUT2D eigenvalue weighted by molar-refractivity contribution is 0.628. The summed E-state index contributed by atoms with van der Waals surface area (Å²) in [7, 11) is 0. The highest BCUT2D eigenvalue weighted by Gasteiger charge is 2.12. The molecule has 0 radical (unpaired) electrons. The molecule has 30 heavy (non-hydrogen) atoms. The fourth-order valence-electron chi connectivity index (χ4n) is 3.31. The molecule has 0 aliphatic heterocycles. The number of nitrogens with zero attached hydrogens (tertiary/aromatic N) is 3. The maximum atomic E-state index is 13.8. The molecule has 0 amide bonds. The third-order valence-electron chi connectivity index (χ3n) is 4.84. The van der Waals surface area contributed by atoms with E-state index in [1.54, 1.807) is 24.7 Å². The minimum atomic E-state index is -0.296. The molecule has 0 bridgehead atoms. The molecule has 2 aromatic carbocycles. The molecule has 0 atom stereocenters. The van der Waals surface area contributed by atoms with Gasteiger partial charge in [-0.05, 0) is 54.3 Å². The van der Waals surface area contributed by atoms with E-state index in [0.717, 1.165) is 46.5 Å². The number of para-hydroxylation sites is 1. The van der Waals surface area contributed by atoms with E-state index in [9.17, 15) is 4.39 Å². The Balaban J connectivity index is 1.54. The molecule has 6 heteroatoms. The maximum Gasteiger partial charge on any atom is 0.223 e. The van der Waals surface area contributed by atoms with Crippen molar-refractivity contribution < 1.29 is 4.39 Å². The molecule has 150 valence electrons. The standard InChI is InChI=1S/C24H22FN5/c25-20-8-3-6-19(15-20)21-16-29-24(30-23(21)18-10-13-27-14-11-18)28-12-4-7-17-5-1-2-9-22(17)26/h1-3,5-6,8-11,13-16H,4,7,12,26H2,(H,28,29,30). The second kappa shape index (κ2) is 9.13. The summed E-state index contributed by atoms with van der Waals surface area (Å²) in [5.41, 5.74) is 11.1. The first kappa shape index (κ1) is 19.5. The van der Waals surface area contributed by atoms with E-state index in [2.05, 4.69) is 15.3 Å². The first-order chi connectivity index (χ1) is 14.7. The summed E-state index contributed by atoms with van der Waals surface area (Å²) < 4.78 is 13.8. The number of halogens is 1. The second-order valence-corrected chi connectivity index (χ2v) is 6.93. The van der Waals surface area contributed by atoms with Gasteiger partial charge in [-0.1, -0.05) is 30.3 Å². The summed E-state index contributed by atoms with van der Waals surface area (Å²) in [6.45, 7) is 0.712. The number of hydrogen-bond donors (Lipinski definition) is 2. The zero-order valence-corrected chi connectivity index (χ0v) is 16.4. The van der Waals surface area contributed by atoms with Crippen LogP contribution in [0, 0.1) is 5.82 Å². The van der Waals surface area contributed by atoms with Crippen LogP contribution in [0.25, 0.3) is 22.4 Å². The molecule has 0 saturated heterocycles. The van der Waals surface area contributed by atoms with Crippen molar-refractivity contribution in [2.45, 2.75) is 12.8 Å². The Morgan fingerprint density at radius 1 is 0.933 bits per heavy atom. The summed E-state index contributed by atoms with van der Waals surface area (Å²) in [6.07, 6.45) is 6.93. The van der Waals surface area contributed by atoms with Gasteiger partial charge in [0.2, 0.25) is 5.95 Å². The summed E-state index contributed by atoms with van der Waals surface area (Å²) in [4.78, 5) is 13.2. The Bertz CT molecular complexity index is 1130. The number of benzene rings is 2. The van der Waals surface area contributed by atoms with Gasteiger partial charge in [-0.2, -0.15) is 0 Å². The van der Waals surface area contributed by atoms with Crippen molar-refractivity contribution in [2.75, 3.05) is 17.6 Å². The van der Waals surface area contributed by atoms with Crippen LogP contribution < -0.4 is 11.1 Å². The lowest BCUT2D eigenvalue weighted by atomic mass is 10.0. The van der Waals surface area contributed by atoms with Crippen molar-refractivity contribution >= 4 is 11.6 Å². The van der Waals surface area contributed by atoms with Gasteiger partial charge in [-0.15, -0.1) is 0 Å². The van der Waals surface area contributed by atoms with E-state index < -0.39 is 0 Å². The van der Waals surface area contributed by atoms with E-state index >= 15 is 0 Å². The third kappa shape index (κ3) is 4.60. The Hall–Kier alpha value is -3.80. The first-order valence-corrected chi connectivity index (χ1v) is 9.81. The zero-order chi connectivity index (χ0) is 20.8. The van der Waals surface area contributed by atoms with E-state index in [4.69, 9.17) is 10.7 Å². The lowest BCUT2D eigenvalue weighted by Gasteiger charge is -2.12. The molecule has 3 N–H and O–H groups in total. The molecule has 5 nitrogen and oxygen atoms in total. The number of aryl methyl sites for hydroxylation is 1. The Kier molecular flexibility index (Phi) is 5.94. The second-order valence-electron chi connectivity index (χ2n) is 6.93. The normalized spacial score (nSPS) is 10.7. The molecule has 4 rings (SSSR count). The number of nitrogens with two attached hydrogens (primary N) is 1. The van der Waals surface area contributed by atoms with Crippen LogP contribution in [-0.4, -0.2) is 21.5 Å². The number of pyridine rings is 1. The molecular weight excluding hydrogens is 377 g/mol. The van der Waals surface area contributed by atoms with Crippen LogP contribution in [0.5, 0.6) is 0 Å². The predicted molar refractivity (Wildman–Crippen MR) is 118 cm³/mol. The van der Waals surface area contributed by atoms with Gasteiger partial charge >= 0.3 is 0 Å². The molecule has 0 unspecified atom stereocenters. The van der Waals surface area contributed by atoms with Crippen LogP contribution in [0.15, 0.2) is 79.3 Å². The molecule has 0 aliphatic rings. The van der Waals surface area contributed by atoms with Gasteiger partial charge in [0.05, 0.1) is 5.69 Å². The van der Waals surface area contributed by atoms with Crippen LogP contribution in [-0.2, 0) is 6.42 Å². The van der Waals surface area contributed by atoms with Crippen molar-refractivity contribution in [1.29, 1.82) is 0 Å². The Morgan fingerprint density at radius 3 is 2.57 bits per heavy atom. The van der Waals surface area contributed by atoms with Crippen molar-refractivity contribution in [3.05, 3.63) is 90.6 Å². The highest BCUT2D eigenvalue weighted by atomic mass is 19.1. The van der Waals surface area contributed by atoms with Crippen LogP contribution in [0.4, 0.5) is 16.0 Å². The monoisotopic (exact) mass is 399 g/mol. The SMILES string of the molecule is Nc1ccccc1CCCNc1ncc(-c2cccc(F)c2)c(-c2ccncc2)n1. The van der Waals surface area contributed by atoms with E-state index in [1.807, 2.05) is 42.5 Å². The molecule has 0 saturated carbocycles. The molecule has 0 aliphatic carbocycles. The number of anilines is 2. The highest BCUT2D eigenvalue weighted by Crippen LogP contribution is 2.30. The Labute approximate surface area is 174 Å². The minimum Gasteiger partial charge on any atom is -0.399 e. The average Bonchev–Trinajstić information content (AvgIpc) is 2.78. The van der Waals surface area contributed by atoms with E-state index in [0.29, 0.717) is 12.5 Å². The summed E-state index contributed by atoms with van der Waals surface area (Å²) in [6, 6.07) is 18.1. The van der Waals surface area contributed by atoms with E-state index in [1.165, 1.54) is 12.1 Å². The topological polar surface area (TPSA) is 76.7 Å². The predicted octanol–water partition coefficient (Wildman–Crippen LogP) is 4.97. The zero-order valence-electron chi connectivity index (χ0n) is 16.4. The number of hydrogen-bond acceptors (Lipinski definition) is 5. The van der Waals surface area contributed by atoms with Crippen LogP contribution in [0.1, 0.15) is 12.0 Å². The quantitative estimate of drug-likeness (QED) is 0.339. The highest BCUT2D eigenvalue weighted by molar-refractivity contribution is 5.80. The first-order valence-electron chi connectivity index (χ1n) is 9.81. The smallest absolute Gasteiger partial charge is 0.223 e. The number of nitrogen functional groups attached to an aromatic ring is 1. The maximum absolute atomic E-state index is 13.8. The molecular formula is C24H22FN5. The number of aromatic nitrogens is 3. The van der Waals surface area contributed by atoms with Crippen LogP contribution >= 0.6 is 0 Å². The Morgan fingerprint density at radius 2 is 1.77 bits per heavy atom. The summed E-state index contributed by atoms with van der Waals surface area (Å²) in [5.74, 6) is 0.235. The summed E-state index contributed by atoms with van der Waals surface area (Å²) >= 11 is 0. The summed E-state index contributed by atoms with van der Waals surface area (Å²) in [5, 5.41) is 3.28. The molecule has 4 aromatic rings. The average molecular weight is 399 g/mol. The lowest BCUT2D eigenvalue weighted by Crippen LogP contribution is -2.08. The van der Waals surface area contributed by atoms with Gasteiger partial charge in [0.1, 0.15) is 5.82 Å². The van der Waals surface area contributed by atoms with Crippen LogP contribution in [0.3, 0.4) is 0 Å². The van der Waals surface area contributed by atoms with Gasteiger partial charge in [0, 0.05) is 41.9 Å². The molecule has 0 spiro atoms. The number of nitrogens with one attached hydrogen (secondary N) is 1. The third-order valence-corrected chi connectivity index (χ3v) is 4.84. The van der Waals surface area contributed by atoms with Crippen LogP contribution in [0.2, 0.25) is 0 Å². The van der Waals surface area contributed by atoms with Gasteiger partial charge in [0.25, 0.3) is 0 Å². The largest absolute Gasteiger partial charge is 0.399 e. The van der Waals surface area contributed by atoms with Crippen molar-refractivity contribution in [2.24, 2.45) is 0 Å². The fraction of sp³-hybridized carbons (Fsp3) is 0.125.